The van der Waals surface area contributed by atoms with Gasteiger partial charge in [-0.3, -0.25) is 15.1 Å². The maximum Gasteiger partial charge on any atom is 0.419 e. The number of anilines is 1. The minimum Gasteiger partial charge on any atom is -0.493 e. The van der Waals surface area contributed by atoms with Gasteiger partial charge in [-0.2, -0.15) is 0 Å². The van der Waals surface area contributed by atoms with Crippen molar-refractivity contribution in [2.45, 2.75) is 13.5 Å². The molecule has 0 spiro atoms. The van der Waals surface area contributed by atoms with Crippen molar-refractivity contribution in [2.75, 3.05) is 19.5 Å². The molecule has 5 aromatic rings. The first-order valence-electron chi connectivity index (χ1n) is 12.4. The van der Waals surface area contributed by atoms with E-state index in [1.54, 1.807) is 37.4 Å². The normalized spacial score (nSPS) is 10.8. The summed E-state index contributed by atoms with van der Waals surface area (Å²) in [5.41, 5.74) is -1.07. The number of hydrogen-bond donors (Lipinski definition) is 1. The first kappa shape index (κ1) is 27.8. The molecule has 5 rings (SSSR count). The fourth-order valence-corrected chi connectivity index (χ4v) is 3.98. The van der Waals surface area contributed by atoms with Crippen LogP contribution in [0, 0.1) is 5.82 Å². The number of methoxy groups -OCH3 is 2. The molecule has 0 aliphatic heterocycles. The van der Waals surface area contributed by atoms with Gasteiger partial charge < -0.3 is 18.9 Å². The van der Waals surface area contributed by atoms with E-state index in [4.69, 9.17) is 18.9 Å². The van der Waals surface area contributed by atoms with Crippen LogP contribution in [0.15, 0.2) is 76.6 Å². The predicted octanol–water partition coefficient (Wildman–Crippen LogP) is 3.92. The Kier molecular flexibility index (Phi) is 7.77. The molecule has 0 fully saturated rings. The van der Waals surface area contributed by atoms with E-state index in [0.717, 1.165) is 21.4 Å². The zero-order valence-corrected chi connectivity index (χ0v) is 22.5. The molecule has 1 N–H and O–H groups in total. The van der Waals surface area contributed by atoms with Crippen LogP contribution in [0.5, 0.6) is 28.9 Å². The number of pyridine rings is 2. The van der Waals surface area contributed by atoms with Crippen molar-refractivity contribution in [3.05, 3.63) is 93.6 Å². The van der Waals surface area contributed by atoms with Crippen molar-refractivity contribution in [1.29, 1.82) is 0 Å². The van der Waals surface area contributed by atoms with Crippen LogP contribution in [0.25, 0.3) is 16.6 Å². The van der Waals surface area contributed by atoms with E-state index in [-0.39, 0.29) is 18.1 Å². The minimum absolute atomic E-state index is 0.0778. The molecule has 0 bridgehead atoms. The van der Waals surface area contributed by atoms with Crippen molar-refractivity contribution >= 4 is 22.8 Å². The van der Waals surface area contributed by atoms with Crippen molar-refractivity contribution < 1.29 is 28.1 Å². The fourth-order valence-electron chi connectivity index (χ4n) is 3.98. The summed E-state index contributed by atoms with van der Waals surface area (Å²) in [5.74, 6) is 0.749. The van der Waals surface area contributed by atoms with E-state index in [0.29, 0.717) is 33.9 Å². The van der Waals surface area contributed by atoms with Gasteiger partial charge in [-0.1, -0.05) is 0 Å². The van der Waals surface area contributed by atoms with Gasteiger partial charge in [-0.25, -0.2) is 28.2 Å². The third kappa shape index (κ3) is 5.58. The number of hydrogen-bond acceptors (Lipinski definition) is 10. The first-order chi connectivity index (χ1) is 20.3. The molecule has 3 aromatic heterocycles. The number of carbonyl (C=O) groups is 1. The van der Waals surface area contributed by atoms with Crippen LogP contribution in [-0.2, 0) is 6.54 Å². The molecule has 0 unspecified atom stereocenters. The first-order valence-corrected chi connectivity index (χ1v) is 12.4. The van der Waals surface area contributed by atoms with Crippen LogP contribution in [0.4, 0.5) is 15.0 Å². The van der Waals surface area contributed by atoms with Gasteiger partial charge >= 0.3 is 23.2 Å². The van der Waals surface area contributed by atoms with Crippen LogP contribution in [0.2, 0.25) is 0 Å². The molecule has 3 heterocycles. The second-order valence-corrected chi connectivity index (χ2v) is 8.55. The van der Waals surface area contributed by atoms with Crippen LogP contribution in [-0.4, -0.2) is 44.6 Å². The number of nitrogens with one attached hydrogen (secondary N) is 1. The summed E-state index contributed by atoms with van der Waals surface area (Å²) < 4.78 is 36.8. The standard InChI is InChI=1S/C28H23FN6O7/c1-4-34-28(38)35(17-7-5-16(29)6-8-17)26(36)25(33-34)42-27(37)32-24-10-9-18(15-31-24)41-21-11-12-30-20-14-23(40-3)22(39-2)13-19(20)21/h5-15H,4H2,1-3H3,(H,31,32,37). The maximum absolute atomic E-state index is 13.4. The summed E-state index contributed by atoms with van der Waals surface area (Å²) in [6.45, 7) is 1.70. The summed E-state index contributed by atoms with van der Waals surface area (Å²) >= 11 is 0. The molecule has 2 aromatic carbocycles. The second-order valence-electron chi connectivity index (χ2n) is 8.55. The summed E-state index contributed by atoms with van der Waals surface area (Å²) in [6.07, 6.45) is 1.89. The molecule has 13 nitrogen and oxygen atoms in total. The molecule has 0 radical (unpaired) electrons. The maximum atomic E-state index is 13.4. The number of amides is 1. The molecule has 0 saturated heterocycles. The van der Waals surface area contributed by atoms with Crippen molar-refractivity contribution in [1.82, 2.24) is 24.3 Å². The van der Waals surface area contributed by atoms with Gasteiger partial charge in [0.25, 0.3) is 0 Å². The van der Waals surface area contributed by atoms with Gasteiger partial charge in [0.1, 0.15) is 23.1 Å². The molecule has 14 heteroatoms. The highest BCUT2D eigenvalue weighted by molar-refractivity contribution is 5.88. The molecule has 0 aliphatic rings. The highest BCUT2D eigenvalue weighted by Gasteiger charge is 2.19. The number of aromatic nitrogens is 5. The monoisotopic (exact) mass is 574 g/mol. The van der Waals surface area contributed by atoms with Crippen LogP contribution in [0.3, 0.4) is 0 Å². The van der Waals surface area contributed by atoms with E-state index in [1.165, 1.54) is 38.6 Å². The van der Waals surface area contributed by atoms with E-state index in [2.05, 4.69) is 20.4 Å². The van der Waals surface area contributed by atoms with Gasteiger partial charge in [0, 0.05) is 24.2 Å². The number of benzene rings is 2. The zero-order chi connectivity index (χ0) is 29.8. The Morgan fingerprint density at radius 1 is 0.952 bits per heavy atom. The Labute approximate surface area is 236 Å². The quantitative estimate of drug-likeness (QED) is 0.289. The number of ether oxygens (including phenoxy) is 4. The number of rotatable bonds is 8. The molecule has 0 saturated carbocycles. The lowest BCUT2D eigenvalue weighted by atomic mass is 10.2. The zero-order valence-electron chi connectivity index (χ0n) is 22.5. The Morgan fingerprint density at radius 3 is 2.36 bits per heavy atom. The van der Waals surface area contributed by atoms with E-state index in [9.17, 15) is 18.8 Å². The Bertz CT molecular complexity index is 1890. The lowest BCUT2D eigenvalue weighted by molar-refractivity contribution is 0.210. The average molecular weight is 575 g/mol. The van der Waals surface area contributed by atoms with E-state index >= 15 is 0 Å². The molecular weight excluding hydrogens is 551 g/mol. The number of carbonyl (C=O) groups excluding carboxylic acids is 1. The van der Waals surface area contributed by atoms with E-state index in [1.807, 2.05) is 0 Å². The summed E-state index contributed by atoms with van der Waals surface area (Å²) in [5, 5.41) is 6.90. The highest BCUT2D eigenvalue weighted by atomic mass is 19.1. The van der Waals surface area contributed by atoms with Crippen molar-refractivity contribution in [3.63, 3.8) is 0 Å². The molecule has 42 heavy (non-hydrogen) atoms. The third-order valence-corrected chi connectivity index (χ3v) is 5.98. The largest absolute Gasteiger partial charge is 0.493 e. The predicted molar refractivity (Wildman–Crippen MR) is 149 cm³/mol. The summed E-state index contributed by atoms with van der Waals surface area (Å²) in [6, 6.07) is 12.9. The lowest BCUT2D eigenvalue weighted by Gasteiger charge is -2.12. The topological polar surface area (TPSA) is 149 Å². The lowest BCUT2D eigenvalue weighted by Crippen LogP contribution is -2.41. The van der Waals surface area contributed by atoms with Gasteiger partial charge in [0.05, 0.1) is 31.6 Å². The van der Waals surface area contributed by atoms with Gasteiger partial charge in [-0.05, 0) is 55.5 Å². The Morgan fingerprint density at radius 2 is 1.69 bits per heavy atom. The average Bonchev–Trinajstić information content (AvgIpc) is 3.00. The van der Waals surface area contributed by atoms with Crippen molar-refractivity contribution in [3.8, 4) is 34.6 Å². The van der Waals surface area contributed by atoms with Gasteiger partial charge in [0.2, 0.25) is 0 Å². The molecule has 214 valence electrons. The molecule has 0 atom stereocenters. The molecule has 0 aliphatic carbocycles. The smallest absolute Gasteiger partial charge is 0.419 e. The van der Waals surface area contributed by atoms with Gasteiger partial charge in [0.15, 0.2) is 11.5 Å². The van der Waals surface area contributed by atoms with E-state index < -0.39 is 29.0 Å². The summed E-state index contributed by atoms with van der Waals surface area (Å²) in [4.78, 5) is 46.7. The summed E-state index contributed by atoms with van der Waals surface area (Å²) in [7, 11) is 3.06. The van der Waals surface area contributed by atoms with Gasteiger partial charge in [-0.15, -0.1) is 5.10 Å². The number of halogens is 1. The fraction of sp³-hybridized carbons (Fsp3) is 0.143. The third-order valence-electron chi connectivity index (χ3n) is 5.98. The Hall–Kier alpha value is -5.79. The number of fused-ring (bicyclic) bond motifs is 1. The second kappa shape index (κ2) is 11.8. The van der Waals surface area contributed by atoms with Crippen LogP contribution >= 0.6 is 0 Å². The number of nitrogens with zero attached hydrogens (tertiary/aromatic N) is 5. The minimum atomic E-state index is -1.08. The number of aryl methyl sites for hydroxylation is 1. The van der Waals surface area contributed by atoms with Crippen LogP contribution in [0.1, 0.15) is 6.92 Å². The Balaban J connectivity index is 1.33. The molecular formula is C28H23FN6O7. The SMILES string of the molecule is CCn1nc(OC(=O)Nc2ccc(Oc3ccnc4cc(OC)c(OC)cc34)cn2)c(=O)n(-c2ccc(F)cc2)c1=O. The van der Waals surface area contributed by atoms with Crippen molar-refractivity contribution in [2.24, 2.45) is 0 Å². The molecule has 1 amide bonds. The van der Waals surface area contributed by atoms with Crippen LogP contribution < -0.4 is 35.5 Å². The highest BCUT2D eigenvalue weighted by Crippen LogP contribution is 2.36.